The van der Waals surface area contributed by atoms with Crippen molar-refractivity contribution >= 4 is 11.2 Å². The fourth-order valence-corrected chi connectivity index (χ4v) is 4.63. The van der Waals surface area contributed by atoms with Gasteiger partial charge in [0.05, 0.1) is 12.8 Å². The second kappa shape index (κ2) is 8.69. The summed E-state index contributed by atoms with van der Waals surface area (Å²) in [7, 11) is 0. The molecular weight excluding hydrogens is 416 g/mol. The minimum absolute atomic E-state index is 0.348. The molecule has 0 saturated heterocycles. The summed E-state index contributed by atoms with van der Waals surface area (Å²) in [6.45, 7) is 0. The monoisotopic (exact) mass is 430 g/mol. The zero-order chi connectivity index (χ0) is 21.1. The molecule has 0 bridgehead atoms. The van der Waals surface area contributed by atoms with E-state index in [1.807, 2.05) is 0 Å². The molecule has 0 saturated carbocycles. The first kappa shape index (κ1) is 22.5. The van der Waals surface area contributed by atoms with Crippen molar-refractivity contribution in [3.63, 3.8) is 0 Å². The van der Waals surface area contributed by atoms with Crippen LogP contribution in [0.5, 0.6) is 0 Å². The highest BCUT2D eigenvalue weighted by molar-refractivity contribution is 7.91. The van der Waals surface area contributed by atoms with Gasteiger partial charge in [-0.25, -0.2) is 8.78 Å². The Labute approximate surface area is 158 Å². The van der Waals surface area contributed by atoms with Gasteiger partial charge in [-0.3, -0.25) is 0 Å². The van der Waals surface area contributed by atoms with E-state index in [2.05, 4.69) is 0 Å². The predicted octanol–water partition coefficient (Wildman–Crippen LogP) is 6.40. The van der Waals surface area contributed by atoms with Gasteiger partial charge < -0.3 is 4.55 Å². The maximum absolute atomic E-state index is 13.5. The van der Waals surface area contributed by atoms with Gasteiger partial charge in [0.15, 0.2) is 0 Å². The van der Waals surface area contributed by atoms with Gasteiger partial charge in [-0.15, -0.1) is 0 Å². The van der Waals surface area contributed by atoms with Crippen molar-refractivity contribution in [3.8, 4) is 0 Å². The number of rotatable bonds is 6. The van der Waals surface area contributed by atoms with Gasteiger partial charge >= 0.3 is 12.4 Å². The first-order valence-corrected chi connectivity index (χ1v) is 9.17. The molecule has 2 atom stereocenters. The standard InChI is InChI=1S/C18H14F8OS/c19-13-5-1-3-11(7-13)15(9-17(21,22)23)28(27)16(10-18(24,25)26)12-4-2-6-14(20)8-12/h1-8,15-16H,9-10H2. The smallest absolute Gasteiger partial charge is 0.394 e. The fourth-order valence-electron chi connectivity index (χ4n) is 2.70. The van der Waals surface area contributed by atoms with Crippen molar-refractivity contribution < 1.29 is 39.7 Å². The Balaban J connectivity index is 2.50. The Hall–Kier alpha value is -1.81. The van der Waals surface area contributed by atoms with Crippen LogP contribution in [-0.2, 0) is 11.2 Å². The third-order valence-corrected chi connectivity index (χ3v) is 5.83. The lowest BCUT2D eigenvalue weighted by Gasteiger charge is -2.30. The quantitative estimate of drug-likeness (QED) is 0.384. The number of alkyl halides is 6. The van der Waals surface area contributed by atoms with E-state index >= 15 is 0 Å². The summed E-state index contributed by atoms with van der Waals surface area (Å²) >= 11 is -2.78. The summed E-state index contributed by atoms with van der Waals surface area (Å²) in [5.41, 5.74) is -0.696. The van der Waals surface area contributed by atoms with Crippen molar-refractivity contribution in [1.29, 1.82) is 0 Å². The average Bonchev–Trinajstić information content (AvgIpc) is 2.55. The maximum atomic E-state index is 13.5. The lowest BCUT2D eigenvalue weighted by atomic mass is 10.1. The molecular formula is C18H14F8OS. The third-order valence-electron chi connectivity index (χ3n) is 3.84. The molecule has 0 spiro atoms. The Morgan fingerprint density at radius 1 is 0.714 bits per heavy atom. The van der Waals surface area contributed by atoms with E-state index in [1.54, 1.807) is 0 Å². The maximum Gasteiger partial charge on any atom is 0.394 e. The highest BCUT2D eigenvalue weighted by Crippen LogP contribution is 2.45. The number of hydrogen-bond acceptors (Lipinski definition) is 1. The van der Waals surface area contributed by atoms with Crippen LogP contribution in [0.15, 0.2) is 48.5 Å². The molecule has 1 nitrogen and oxygen atoms in total. The average molecular weight is 430 g/mol. The van der Waals surface area contributed by atoms with Gasteiger partial charge in [0.25, 0.3) is 0 Å². The molecule has 0 heterocycles. The van der Waals surface area contributed by atoms with Crippen LogP contribution in [0.3, 0.4) is 0 Å². The predicted molar refractivity (Wildman–Crippen MR) is 87.8 cm³/mol. The molecule has 2 aromatic carbocycles. The second-order valence-electron chi connectivity index (χ2n) is 6.05. The molecule has 0 aliphatic rings. The van der Waals surface area contributed by atoms with E-state index in [0.717, 1.165) is 36.4 Å². The molecule has 0 radical (unpaired) electrons. The first-order valence-electron chi connectivity index (χ1n) is 7.89. The van der Waals surface area contributed by atoms with Crippen LogP contribution in [0.25, 0.3) is 0 Å². The Bertz CT molecular complexity index is 724. The summed E-state index contributed by atoms with van der Waals surface area (Å²) in [6.07, 6.45) is -13.2. The summed E-state index contributed by atoms with van der Waals surface area (Å²) in [5.74, 6) is -1.83. The lowest BCUT2D eigenvalue weighted by molar-refractivity contribution is -0.136. The summed E-state index contributed by atoms with van der Waals surface area (Å²) < 4.78 is 118. The van der Waals surface area contributed by atoms with Crippen molar-refractivity contribution in [2.45, 2.75) is 35.7 Å². The highest BCUT2D eigenvalue weighted by atomic mass is 32.2. The molecule has 0 aliphatic heterocycles. The van der Waals surface area contributed by atoms with Gasteiger partial charge in [-0.05, 0) is 35.4 Å². The molecule has 10 heteroatoms. The minimum Gasteiger partial charge on any atom is -0.615 e. The van der Waals surface area contributed by atoms with Crippen molar-refractivity contribution in [2.24, 2.45) is 0 Å². The van der Waals surface area contributed by atoms with Crippen LogP contribution in [0, 0.1) is 11.6 Å². The van der Waals surface area contributed by atoms with Crippen LogP contribution in [0.4, 0.5) is 35.1 Å². The van der Waals surface area contributed by atoms with Gasteiger partial charge in [-0.1, -0.05) is 24.3 Å². The van der Waals surface area contributed by atoms with Crippen LogP contribution in [0.2, 0.25) is 0 Å². The number of hydrogen-bond donors (Lipinski definition) is 0. The second-order valence-corrected chi connectivity index (χ2v) is 7.85. The molecule has 2 rings (SSSR count). The topological polar surface area (TPSA) is 23.1 Å². The van der Waals surface area contributed by atoms with Gasteiger partial charge in [0.1, 0.15) is 22.1 Å². The molecule has 2 unspecified atom stereocenters. The Morgan fingerprint density at radius 3 is 1.36 bits per heavy atom. The molecule has 28 heavy (non-hydrogen) atoms. The summed E-state index contributed by atoms with van der Waals surface area (Å²) in [6, 6.07) is 7.56. The van der Waals surface area contributed by atoms with Crippen molar-refractivity contribution in [1.82, 2.24) is 0 Å². The summed E-state index contributed by atoms with van der Waals surface area (Å²) in [5, 5.41) is -3.90. The third kappa shape index (κ3) is 6.66. The normalized spacial score (nSPS) is 15.9. The largest absolute Gasteiger partial charge is 0.615 e. The van der Waals surface area contributed by atoms with Crippen LogP contribution in [-0.4, -0.2) is 16.9 Å². The van der Waals surface area contributed by atoms with Crippen LogP contribution >= 0.6 is 0 Å². The fraction of sp³-hybridized carbons (Fsp3) is 0.333. The van der Waals surface area contributed by atoms with Crippen LogP contribution in [0.1, 0.15) is 34.5 Å². The molecule has 0 fully saturated rings. The van der Waals surface area contributed by atoms with E-state index in [4.69, 9.17) is 0 Å². The van der Waals surface area contributed by atoms with Crippen molar-refractivity contribution in [2.75, 3.05) is 0 Å². The molecule has 0 amide bonds. The van der Waals surface area contributed by atoms with E-state index in [1.165, 1.54) is 0 Å². The van der Waals surface area contributed by atoms with Crippen molar-refractivity contribution in [3.05, 3.63) is 71.3 Å². The number of benzene rings is 2. The minimum atomic E-state index is -4.86. The zero-order valence-corrected chi connectivity index (χ0v) is 14.8. The molecule has 0 N–H and O–H groups in total. The first-order chi connectivity index (χ1) is 12.9. The molecule has 154 valence electrons. The summed E-state index contributed by atoms with van der Waals surface area (Å²) in [4.78, 5) is 0. The molecule has 0 aromatic heterocycles. The molecule has 0 aliphatic carbocycles. The van der Waals surface area contributed by atoms with Gasteiger partial charge in [0.2, 0.25) is 0 Å². The molecule has 2 aromatic rings. The van der Waals surface area contributed by atoms with E-state index in [-0.39, 0.29) is 11.1 Å². The van der Waals surface area contributed by atoms with E-state index < -0.39 is 58.5 Å². The SMILES string of the molecule is [O-][S+](C(CC(F)(F)F)c1cccc(F)c1)C(CC(F)(F)F)c1cccc(F)c1. The highest BCUT2D eigenvalue weighted by Gasteiger charge is 2.46. The van der Waals surface area contributed by atoms with Gasteiger partial charge in [-0.2, -0.15) is 26.3 Å². The van der Waals surface area contributed by atoms with E-state index in [0.29, 0.717) is 12.1 Å². The van der Waals surface area contributed by atoms with Gasteiger partial charge in [0, 0.05) is 11.1 Å². The number of halogens is 8. The zero-order valence-electron chi connectivity index (χ0n) is 14.0. The van der Waals surface area contributed by atoms with E-state index in [9.17, 15) is 39.7 Å². The Kier molecular flexibility index (Phi) is 6.97. The lowest BCUT2D eigenvalue weighted by Crippen LogP contribution is -2.29. The van der Waals surface area contributed by atoms with Crippen LogP contribution < -0.4 is 0 Å². The Morgan fingerprint density at radius 2 is 1.07 bits per heavy atom.